The van der Waals surface area contributed by atoms with Gasteiger partial charge < -0.3 is 10.3 Å². The van der Waals surface area contributed by atoms with Gasteiger partial charge in [0.1, 0.15) is 5.82 Å². The fraction of sp³-hybridized carbons (Fsp3) is 0.250. The fourth-order valence-electron chi connectivity index (χ4n) is 1.70. The second-order valence-corrected chi connectivity index (χ2v) is 4.08. The Bertz CT molecular complexity index is 491. The molecule has 0 atom stereocenters. The zero-order valence-corrected chi connectivity index (χ0v) is 9.91. The van der Waals surface area contributed by atoms with Crippen molar-refractivity contribution < 1.29 is 0 Å². The van der Waals surface area contributed by atoms with Crippen molar-refractivity contribution in [3.05, 3.63) is 47.0 Å². The lowest BCUT2D eigenvalue weighted by atomic mass is 10.1. The van der Waals surface area contributed by atoms with E-state index in [4.69, 9.17) is 17.3 Å². The lowest BCUT2D eigenvalue weighted by Gasteiger charge is -2.09. The molecule has 0 saturated heterocycles. The van der Waals surface area contributed by atoms with Crippen LogP contribution >= 0.6 is 11.6 Å². The molecule has 0 saturated carbocycles. The van der Waals surface area contributed by atoms with Gasteiger partial charge in [-0.3, -0.25) is 0 Å². The number of aromatic nitrogens is 2. The predicted molar refractivity (Wildman–Crippen MR) is 66.1 cm³/mol. The molecule has 0 unspecified atom stereocenters. The molecule has 0 radical (unpaired) electrons. The van der Waals surface area contributed by atoms with Gasteiger partial charge >= 0.3 is 0 Å². The van der Waals surface area contributed by atoms with Crippen molar-refractivity contribution in [2.45, 2.75) is 13.3 Å². The largest absolute Gasteiger partial charge is 0.330 e. The van der Waals surface area contributed by atoms with E-state index in [2.05, 4.69) is 4.98 Å². The van der Waals surface area contributed by atoms with Gasteiger partial charge in [-0.1, -0.05) is 17.7 Å². The molecule has 3 nitrogen and oxygen atoms in total. The van der Waals surface area contributed by atoms with Gasteiger partial charge in [0.2, 0.25) is 0 Å². The van der Waals surface area contributed by atoms with E-state index in [1.807, 2.05) is 35.9 Å². The first-order chi connectivity index (χ1) is 7.72. The molecule has 1 aromatic carbocycles. The van der Waals surface area contributed by atoms with E-state index in [0.29, 0.717) is 6.54 Å². The standard InChI is InChI=1S/C12H14ClN3/c1-9-15-6-7-16(9)12-3-2-10(4-5-14)8-11(12)13/h2-3,6-8H,4-5,14H2,1H3. The Hall–Kier alpha value is -1.32. The smallest absolute Gasteiger partial charge is 0.110 e. The van der Waals surface area contributed by atoms with Crippen LogP contribution in [0.3, 0.4) is 0 Å². The number of imidazole rings is 1. The van der Waals surface area contributed by atoms with Crippen LogP contribution in [0.25, 0.3) is 5.69 Å². The minimum Gasteiger partial charge on any atom is -0.330 e. The van der Waals surface area contributed by atoms with Crippen LogP contribution in [0, 0.1) is 6.92 Å². The molecule has 84 valence electrons. The highest BCUT2D eigenvalue weighted by Crippen LogP contribution is 2.23. The Balaban J connectivity index is 2.40. The molecule has 0 bridgehead atoms. The van der Waals surface area contributed by atoms with E-state index < -0.39 is 0 Å². The van der Waals surface area contributed by atoms with Crippen molar-refractivity contribution in [2.24, 2.45) is 5.73 Å². The summed E-state index contributed by atoms with van der Waals surface area (Å²) < 4.78 is 1.97. The zero-order chi connectivity index (χ0) is 11.5. The third-order valence-corrected chi connectivity index (χ3v) is 2.83. The highest BCUT2D eigenvalue weighted by Gasteiger charge is 2.05. The van der Waals surface area contributed by atoms with Crippen molar-refractivity contribution in [3.8, 4) is 5.69 Å². The molecule has 16 heavy (non-hydrogen) atoms. The van der Waals surface area contributed by atoms with Crippen molar-refractivity contribution in [1.82, 2.24) is 9.55 Å². The summed E-state index contributed by atoms with van der Waals surface area (Å²) in [5.74, 6) is 0.925. The SMILES string of the molecule is Cc1nccn1-c1ccc(CCN)cc1Cl. The van der Waals surface area contributed by atoms with Crippen LogP contribution in [-0.4, -0.2) is 16.1 Å². The van der Waals surface area contributed by atoms with E-state index in [1.165, 1.54) is 0 Å². The maximum Gasteiger partial charge on any atom is 0.110 e. The molecule has 0 aliphatic heterocycles. The first-order valence-corrected chi connectivity index (χ1v) is 5.59. The number of rotatable bonds is 3. The monoisotopic (exact) mass is 235 g/mol. The lowest BCUT2D eigenvalue weighted by molar-refractivity contribution is 0.953. The molecule has 0 aliphatic rings. The third kappa shape index (κ3) is 2.10. The van der Waals surface area contributed by atoms with E-state index in [9.17, 15) is 0 Å². The average molecular weight is 236 g/mol. The van der Waals surface area contributed by atoms with E-state index in [-0.39, 0.29) is 0 Å². The maximum atomic E-state index is 6.24. The summed E-state index contributed by atoms with van der Waals surface area (Å²) in [4.78, 5) is 4.18. The third-order valence-electron chi connectivity index (χ3n) is 2.53. The molecule has 0 spiro atoms. The highest BCUT2D eigenvalue weighted by atomic mass is 35.5. The molecule has 2 rings (SSSR count). The zero-order valence-electron chi connectivity index (χ0n) is 9.15. The number of nitrogens with zero attached hydrogens (tertiary/aromatic N) is 2. The summed E-state index contributed by atoms with van der Waals surface area (Å²) in [6.07, 6.45) is 4.52. The maximum absolute atomic E-state index is 6.24. The molecule has 4 heteroatoms. The van der Waals surface area contributed by atoms with Gasteiger partial charge in [-0.15, -0.1) is 0 Å². The summed E-state index contributed by atoms with van der Waals surface area (Å²) in [5.41, 5.74) is 7.63. The fourth-order valence-corrected chi connectivity index (χ4v) is 1.99. The molecule has 0 aliphatic carbocycles. The van der Waals surface area contributed by atoms with Crippen LogP contribution in [0.1, 0.15) is 11.4 Å². The summed E-state index contributed by atoms with van der Waals surface area (Å²) in [6.45, 7) is 2.59. The van der Waals surface area contributed by atoms with Crippen LogP contribution in [0.15, 0.2) is 30.6 Å². The number of benzene rings is 1. The van der Waals surface area contributed by atoms with Crippen LogP contribution in [0.4, 0.5) is 0 Å². The molecular formula is C12H14ClN3. The lowest BCUT2D eigenvalue weighted by Crippen LogP contribution is -2.03. The number of nitrogens with two attached hydrogens (primary N) is 1. The van der Waals surface area contributed by atoms with Gasteiger partial charge in [0.25, 0.3) is 0 Å². The molecule has 1 aromatic heterocycles. The minimum absolute atomic E-state index is 0.639. The number of hydrogen-bond acceptors (Lipinski definition) is 2. The van der Waals surface area contributed by atoms with Crippen LogP contribution in [0.2, 0.25) is 5.02 Å². The molecule has 1 heterocycles. The Labute approximate surface area is 99.9 Å². The average Bonchev–Trinajstić information content (AvgIpc) is 2.65. The van der Waals surface area contributed by atoms with Crippen molar-refractivity contribution in [2.75, 3.05) is 6.54 Å². The first kappa shape index (κ1) is 11.2. The van der Waals surface area contributed by atoms with Crippen molar-refractivity contribution in [1.29, 1.82) is 0 Å². The molecule has 0 amide bonds. The summed E-state index contributed by atoms with van der Waals surface area (Å²) in [6, 6.07) is 6.01. The quantitative estimate of drug-likeness (QED) is 0.888. The first-order valence-electron chi connectivity index (χ1n) is 5.21. The normalized spacial score (nSPS) is 10.7. The van der Waals surface area contributed by atoms with E-state index in [1.54, 1.807) is 6.20 Å². The molecule has 0 fully saturated rings. The summed E-state index contributed by atoms with van der Waals surface area (Å²) >= 11 is 6.24. The second-order valence-electron chi connectivity index (χ2n) is 3.67. The van der Waals surface area contributed by atoms with Gasteiger partial charge in [0.15, 0.2) is 0 Å². The van der Waals surface area contributed by atoms with Gasteiger partial charge in [0.05, 0.1) is 10.7 Å². The topological polar surface area (TPSA) is 43.8 Å². The molecule has 2 aromatic rings. The Kier molecular flexibility index (Phi) is 3.27. The Morgan fingerprint density at radius 2 is 2.25 bits per heavy atom. The minimum atomic E-state index is 0.639. The van der Waals surface area contributed by atoms with E-state index >= 15 is 0 Å². The van der Waals surface area contributed by atoms with E-state index in [0.717, 1.165) is 28.5 Å². The van der Waals surface area contributed by atoms with Gasteiger partial charge in [-0.25, -0.2) is 4.98 Å². The molecular weight excluding hydrogens is 222 g/mol. The second kappa shape index (κ2) is 4.68. The molecule has 2 N–H and O–H groups in total. The van der Waals surface area contributed by atoms with Crippen LogP contribution < -0.4 is 5.73 Å². The summed E-state index contributed by atoms with van der Waals surface area (Å²) in [5, 5.41) is 0.729. The number of hydrogen-bond donors (Lipinski definition) is 1. The predicted octanol–water partition coefficient (Wildman–Crippen LogP) is 2.34. The van der Waals surface area contributed by atoms with Gasteiger partial charge in [-0.2, -0.15) is 0 Å². The van der Waals surface area contributed by atoms with Gasteiger partial charge in [-0.05, 0) is 37.6 Å². The highest BCUT2D eigenvalue weighted by molar-refractivity contribution is 6.32. The van der Waals surface area contributed by atoms with Crippen molar-refractivity contribution in [3.63, 3.8) is 0 Å². The number of aryl methyl sites for hydroxylation is 1. The van der Waals surface area contributed by atoms with Gasteiger partial charge in [0, 0.05) is 12.4 Å². The number of halogens is 1. The van der Waals surface area contributed by atoms with Crippen LogP contribution in [0.5, 0.6) is 0 Å². The summed E-state index contributed by atoms with van der Waals surface area (Å²) in [7, 11) is 0. The van der Waals surface area contributed by atoms with Crippen LogP contribution in [-0.2, 0) is 6.42 Å². The Morgan fingerprint density at radius 3 is 2.81 bits per heavy atom. The van der Waals surface area contributed by atoms with Crippen molar-refractivity contribution >= 4 is 11.6 Å². The Morgan fingerprint density at radius 1 is 1.44 bits per heavy atom.